The lowest BCUT2D eigenvalue weighted by molar-refractivity contribution is 0.139. The predicted octanol–water partition coefficient (Wildman–Crippen LogP) is 1.04. The Morgan fingerprint density at radius 2 is 2.35 bits per heavy atom. The molecule has 0 amide bonds. The number of guanidine groups is 1. The molecule has 0 bridgehead atoms. The van der Waals surface area contributed by atoms with Gasteiger partial charge >= 0.3 is 0 Å². The van der Waals surface area contributed by atoms with Crippen LogP contribution in [0.4, 0.5) is 0 Å². The second-order valence-electron chi connectivity index (χ2n) is 5.71. The predicted molar refractivity (Wildman–Crippen MR) is 72.3 cm³/mol. The highest BCUT2D eigenvalue weighted by atomic mass is 15.3. The maximum absolute atomic E-state index is 4.42. The molecule has 0 aromatic carbocycles. The number of hydrogen-bond acceptors (Lipinski definition) is 4. The van der Waals surface area contributed by atoms with E-state index < -0.39 is 0 Å². The minimum atomic E-state index is 0.489. The molecular weight excluding hydrogens is 212 g/mol. The molecule has 2 N–H and O–H groups in total. The zero-order valence-corrected chi connectivity index (χ0v) is 11.4. The molecule has 0 spiro atoms. The van der Waals surface area contributed by atoms with Gasteiger partial charge in [-0.15, -0.1) is 0 Å². The van der Waals surface area contributed by atoms with Crippen LogP contribution in [0.2, 0.25) is 0 Å². The normalized spacial score (nSPS) is 31.8. The van der Waals surface area contributed by atoms with E-state index in [9.17, 15) is 0 Å². The van der Waals surface area contributed by atoms with E-state index >= 15 is 0 Å². The summed E-state index contributed by atoms with van der Waals surface area (Å²) < 4.78 is 0. The highest BCUT2D eigenvalue weighted by molar-refractivity contribution is 5.81. The molecule has 4 heteroatoms. The van der Waals surface area contributed by atoms with Crippen LogP contribution in [0.5, 0.6) is 0 Å². The maximum Gasteiger partial charge on any atom is 0.191 e. The van der Waals surface area contributed by atoms with E-state index in [-0.39, 0.29) is 0 Å². The van der Waals surface area contributed by atoms with E-state index in [0.717, 1.165) is 25.0 Å². The lowest BCUT2D eigenvalue weighted by Crippen LogP contribution is -2.48. The molecule has 0 aromatic rings. The monoisotopic (exact) mass is 238 g/mol. The van der Waals surface area contributed by atoms with Crippen molar-refractivity contribution in [2.75, 3.05) is 26.2 Å². The fourth-order valence-corrected chi connectivity index (χ4v) is 2.66. The summed E-state index contributed by atoms with van der Waals surface area (Å²) in [6.07, 6.45) is 2.74. The van der Waals surface area contributed by atoms with Crippen LogP contribution >= 0.6 is 0 Å². The van der Waals surface area contributed by atoms with Gasteiger partial charge in [0.05, 0.1) is 6.54 Å². The van der Waals surface area contributed by atoms with Gasteiger partial charge in [-0.3, -0.25) is 9.89 Å². The molecule has 4 nitrogen and oxygen atoms in total. The van der Waals surface area contributed by atoms with Gasteiger partial charge < -0.3 is 10.6 Å². The zero-order chi connectivity index (χ0) is 12.3. The molecule has 0 saturated carbocycles. The molecule has 0 radical (unpaired) electrons. The zero-order valence-electron chi connectivity index (χ0n) is 11.4. The Kier molecular flexibility index (Phi) is 4.26. The van der Waals surface area contributed by atoms with Gasteiger partial charge in [0, 0.05) is 25.2 Å². The first-order valence-electron chi connectivity index (χ1n) is 6.94. The van der Waals surface area contributed by atoms with Crippen molar-refractivity contribution in [3.63, 3.8) is 0 Å². The summed E-state index contributed by atoms with van der Waals surface area (Å²) in [5.41, 5.74) is 0. The largest absolute Gasteiger partial charge is 0.355 e. The molecule has 2 aliphatic heterocycles. The molecule has 1 saturated heterocycles. The highest BCUT2D eigenvalue weighted by Crippen LogP contribution is 2.17. The summed E-state index contributed by atoms with van der Waals surface area (Å²) >= 11 is 0. The van der Waals surface area contributed by atoms with Crippen molar-refractivity contribution in [2.24, 2.45) is 10.9 Å². The first-order chi connectivity index (χ1) is 8.15. The van der Waals surface area contributed by atoms with Crippen molar-refractivity contribution in [3.8, 4) is 0 Å². The van der Waals surface area contributed by atoms with E-state index in [1.54, 1.807) is 0 Å². The van der Waals surface area contributed by atoms with Gasteiger partial charge in [0.25, 0.3) is 0 Å². The van der Waals surface area contributed by atoms with Crippen molar-refractivity contribution in [2.45, 2.75) is 45.7 Å². The lowest BCUT2D eigenvalue weighted by atomic mass is 9.99. The highest BCUT2D eigenvalue weighted by Gasteiger charge is 2.21. The van der Waals surface area contributed by atoms with Crippen LogP contribution in [-0.2, 0) is 0 Å². The third-order valence-corrected chi connectivity index (χ3v) is 3.78. The first kappa shape index (κ1) is 12.7. The number of nitrogens with zero attached hydrogens (tertiary/aromatic N) is 2. The van der Waals surface area contributed by atoms with Crippen LogP contribution in [0.25, 0.3) is 0 Å². The van der Waals surface area contributed by atoms with Gasteiger partial charge in [0.2, 0.25) is 0 Å². The summed E-state index contributed by atoms with van der Waals surface area (Å²) in [5.74, 6) is 1.84. The van der Waals surface area contributed by atoms with Crippen LogP contribution in [0.15, 0.2) is 4.99 Å². The molecule has 3 unspecified atom stereocenters. The second-order valence-corrected chi connectivity index (χ2v) is 5.71. The molecule has 17 heavy (non-hydrogen) atoms. The van der Waals surface area contributed by atoms with E-state index in [1.165, 1.54) is 25.9 Å². The number of nitrogens with one attached hydrogen (secondary N) is 2. The second kappa shape index (κ2) is 5.71. The number of rotatable bonds is 3. The number of piperidine rings is 1. The Bertz CT molecular complexity index is 277. The Morgan fingerprint density at radius 1 is 1.53 bits per heavy atom. The van der Waals surface area contributed by atoms with E-state index in [2.05, 4.69) is 41.3 Å². The van der Waals surface area contributed by atoms with Gasteiger partial charge in [-0.2, -0.15) is 0 Å². The Hall–Kier alpha value is -0.770. The van der Waals surface area contributed by atoms with E-state index in [4.69, 9.17) is 0 Å². The average molecular weight is 238 g/mol. The standard InChI is InChI=1S/C13H26N4/c1-10-5-4-6-17(9-10)12(3)8-15-13-14-7-11(2)16-13/h10-12H,4-9H2,1-3H3,(H2,14,15,16). The Balaban J connectivity index is 1.71. The minimum absolute atomic E-state index is 0.489. The van der Waals surface area contributed by atoms with Crippen LogP contribution < -0.4 is 10.6 Å². The van der Waals surface area contributed by atoms with Gasteiger partial charge in [0.1, 0.15) is 0 Å². The van der Waals surface area contributed by atoms with Crippen LogP contribution in [0.3, 0.4) is 0 Å². The third-order valence-electron chi connectivity index (χ3n) is 3.78. The lowest BCUT2D eigenvalue weighted by Gasteiger charge is -2.35. The number of likely N-dealkylation sites (tertiary alicyclic amines) is 1. The van der Waals surface area contributed by atoms with Gasteiger partial charge in [0.15, 0.2) is 5.96 Å². The average Bonchev–Trinajstić information content (AvgIpc) is 2.72. The Labute approximate surface area is 105 Å². The summed E-state index contributed by atoms with van der Waals surface area (Å²) in [5, 5.41) is 6.76. The van der Waals surface area contributed by atoms with Gasteiger partial charge in [-0.1, -0.05) is 6.92 Å². The van der Waals surface area contributed by atoms with Gasteiger partial charge in [-0.25, -0.2) is 0 Å². The van der Waals surface area contributed by atoms with Gasteiger partial charge in [-0.05, 0) is 39.2 Å². The van der Waals surface area contributed by atoms with Crippen LogP contribution in [0, 0.1) is 5.92 Å². The molecule has 98 valence electrons. The number of aliphatic imine (C=N–C) groups is 1. The van der Waals surface area contributed by atoms with Crippen molar-refractivity contribution < 1.29 is 0 Å². The SMILES string of the molecule is CC1CCCN(C(C)CNC2=NCC(C)N2)C1. The molecule has 1 fully saturated rings. The van der Waals surface area contributed by atoms with E-state index in [1.807, 2.05) is 0 Å². The van der Waals surface area contributed by atoms with E-state index in [0.29, 0.717) is 12.1 Å². The summed E-state index contributed by atoms with van der Waals surface area (Å²) in [7, 11) is 0. The third kappa shape index (κ3) is 3.60. The van der Waals surface area contributed by atoms with Crippen LogP contribution in [-0.4, -0.2) is 49.1 Å². The smallest absolute Gasteiger partial charge is 0.191 e. The first-order valence-corrected chi connectivity index (χ1v) is 6.94. The fourth-order valence-electron chi connectivity index (χ4n) is 2.66. The molecule has 3 atom stereocenters. The van der Waals surface area contributed by atoms with Crippen LogP contribution in [0.1, 0.15) is 33.6 Å². The summed E-state index contributed by atoms with van der Waals surface area (Å²) in [6, 6.07) is 1.08. The minimum Gasteiger partial charge on any atom is -0.355 e. The molecule has 0 aliphatic carbocycles. The van der Waals surface area contributed by atoms with Crippen molar-refractivity contribution in [1.29, 1.82) is 0 Å². The Morgan fingerprint density at radius 3 is 3.00 bits per heavy atom. The maximum atomic E-state index is 4.42. The van der Waals surface area contributed by atoms with Crippen molar-refractivity contribution >= 4 is 5.96 Å². The molecule has 2 aliphatic rings. The van der Waals surface area contributed by atoms with Crippen molar-refractivity contribution in [3.05, 3.63) is 0 Å². The molecule has 2 rings (SSSR count). The quantitative estimate of drug-likeness (QED) is 0.772. The molecule has 2 heterocycles. The topological polar surface area (TPSA) is 39.7 Å². The van der Waals surface area contributed by atoms with Crippen molar-refractivity contribution in [1.82, 2.24) is 15.5 Å². The fraction of sp³-hybridized carbons (Fsp3) is 0.923. The molecule has 0 aromatic heterocycles. The summed E-state index contributed by atoms with van der Waals surface area (Å²) in [4.78, 5) is 7.02. The number of hydrogen-bond donors (Lipinski definition) is 2. The summed E-state index contributed by atoms with van der Waals surface area (Å²) in [6.45, 7) is 11.2. The molecular formula is C13H26N4.